The third-order valence-corrected chi connectivity index (χ3v) is 4.54. The van der Waals surface area contributed by atoms with Crippen LogP contribution in [0, 0.1) is 0 Å². The first-order valence-corrected chi connectivity index (χ1v) is 9.00. The highest BCUT2D eigenvalue weighted by atomic mass is 79.9. The molecule has 0 fully saturated rings. The maximum atomic E-state index is 12.1. The summed E-state index contributed by atoms with van der Waals surface area (Å²) in [6, 6.07) is 10.6. The Morgan fingerprint density at radius 3 is 2.65 bits per heavy atom. The molecule has 0 aliphatic carbocycles. The Kier molecular flexibility index (Phi) is 5.81. The van der Waals surface area contributed by atoms with E-state index >= 15 is 0 Å². The van der Waals surface area contributed by atoms with Gasteiger partial charge in [-0.05, 0) is 48.0 Å². The van der Waals surface area contributed by atoms with Gasteiger partial charge in [0.05, 0.1) is 7.11 Å². The molecule has 7 heteroatoms. The first-order valence-electron chi connectivity index (χ1n) is 7.45. The van der Waals surface area contributed by atoms with Crippen molar-refractivity contribution in [3.05, 3.63) is 73.8 Å². The number of esters is 1. The van der Waals surface area contributed by atoms with Gasteiger partial charge in [-0.1, -0.05) is 45.2 Å². The van der Waals surface area contributed by atoms with E-state index in [4.69, 9.17) is 32.7 Å². The molecule has 1 aliphatic heterocycles. The van der Waals surface area contributed by atoms with E-state index in [1.807, 2.05) is 12.1 Å². The summed E-state index contributed by atoms with van der Waals surface area (Å²) in [5.74, 6) is 0.274. The lowest BCUT2D eigenvalue weighted by atomic mass is 10.1. The van der Waals surface area contributed by atoms with Crippen LogP contribution >= 0.6 is 39.1 Å². The van der Waals surface area contributed by atoms with Gasteiger partial charge in [0.25, 0.3) is 0 Å². The zero-order valence-corrected chi connectivity index (χ0v) is 16.6. The minimum atomic E-state index is -0.533. The lowest BCUT2D eigenvalue weighted by molar-refractivity contribution is -0.129. The zero-order valence-electron chi connectivity index (χ0n) is 13.5. The fraction of sp³-hybridized carbons (Fsp3) is 0.0526. The lowest BCUT2D eigenvalue weighted by Gasteiger charge is -2.04. The van der Waals surface area contributed by atoms with Crippen molar-refractivity contribution in [1.82, 2.24) is 0 Å². The van der Waals surface area contributed by atoms with Crippen LogP contribution in [0.3, 0.4) is 0 Å². The number of carbonyl (C=O) groups excluding carboxylic acids is 1. The molecular weight excluding hydrogens is 441 g/mol. The van der Waals surface area contributed by atoms with Gasteiger partial charge < -0.3 is 9.47 Å². The maximum absolute atomic E-state index is 12.1. The molecule has 2 aromatic carbocycles. The van der Waals surface area contributed by atoms with Gasteiger partial charge in [0.1, 0.15) is 5.75 Å². The Balaban J connectivity index is 1.87. The highest BCUT2D eigenvalue weighted by molar-refractivity contribution is 9.10. The van der Waals surface area contributed by atoms with Crippen LogP contribution in [0.2, 0.25) is 10.0 Å². The Labute approximate surface area is 168 Å². The third kappa shape index (κ3) is 4.36. The van der Waals surface area contributed by atoms with E-state index in [0.717, 1.165) is 10.0 Å². The lowest BCUT2D eigenvalue weighted by Crippen LogP contribution is -2.01. The van der Waals surface area contributed by atoms with Crippen molar-refractivity contribution in [2.75, 3.05) is 7.11 Å². The van der Waals surface area contributed by atoms with Crippen LogP contribution in [0.5, 0.6) is 5.75 Å². The third-order valence-electron chi connectivity index (χ3n) is 3.49. The molecule has 0 N–H and O–H groups in total. The number of nitrogens with zero attached hydrogens (tertiary/aromatic N) is 1. The van der Waals surface area contributed by atoms with Crippen molar-refractivity contribution >= 4 is 63.2 Å². The van der Waals surface area contributed by atoms with Gasteiger partial charge in [-0.25, -0.2) is 9.79 Å². The molecule has 0 saturated heterocycles. The van der Waals surface area contributed by atoms with Crippen LogP contribution in [0.1, 0.15) is 11.1 Å². The largest absolute Gasteiger partial charge is 0.496 e. The minimum absolute atomic E-state index is 0.182. The molecule has 2 aromatic rings. The predicted octanol–water partition coefficient (Wildman–Crippen LogP) is 5.77. The molecular formula is C19H12BrCl2NO3. The van der Waals surface area contributed by atoms with Gasteiger partial charge in [0.15, 0.2) is 5.70 Å². The first-order chi connectivity index (χ1) is 12.5. The Morgan fingerprint density at radius 1 is 1.12 bits per heavy atom. The van der Waals surface area contributed by atoms with E-state index in [-0.39, 0.29) is 11.6 Å². The molecule has 1 heterocycles. The molecule has 132 valence electrons. The maximum Gasteiger partial charge on any atom is 0.363 e. The zero-order chi connectivity index (χ0) is 18.7. The second-order valence-electron chi connectivity index (χ2n) is 5.25. The van der Waals surface area contributed by atoms with Crippen molar-refractivity contribution in [1.29, 1.82) is 0 Å². The van der Waals surface area contributed by atoms with Gasteiger partial charge >= 0.3 is 5.97 Å². The van der Waals surface area contributed by atoms with Crippen LogP contribution in [-0.4, -0.2) is 19.0 Å². The quantitative estimate of drug-likeness (QED) is 0.436. The number of cyclic esters (lactones) is 1. The Bertz CT molecular complexity index is 967. The summed E-state index contributed by atoms with van der Waals surface area (Å²) in [7, 11) is 1.56. The van der Waals surface area contributed by atoms with Crippen molar-refractivity contribution < 1.29 is 14.3 Å². The highest BCUT2D eigenvalue weighted by Crippen LogP contribution is 2.27. The highest BCUT2D eigenvalue weighted by Gasteiger charge is 2.21. The molecule has 0 amide bonds. The standard InChI is InChI=1S/C19H12BrCl2NO3/c1-25-17-6-4-13(20)8-12(17)9-16-19(24)26-18(23-16)7-3-11-2-5-14(21)10-15(11)22/h2-10H,1H3/b7-3+,16-9-. The molecule has 0 atom stereocenters. The van der Waals surface area contributed by atoms with E-state index in [9.17, 15) is 4.79 Å². The van der Waals surface area contributed by atoms with Crippen molar-refractivity contribution in [2.24, 2.45) is 4.99 Å². The molecule has 0 unspecified atom stereocenters. The Morgan fingerprint density at radius 2 is 1.92 bits per heavy atom. The summed E-state index contributed by atoms with van der Waals surface area (Å²) in [4.78, 5) is 16.3. The molecule has 3 rings (SSSR count). The van der Waals surface area contributed by atoms with Crippen LogP contribution in [0.4, 0.5) is 0 Å². The summed E-state index contributed by atoms with van der Waals surface area (Å²) in [6.45, 7) is 0. The van der Waals surface area contributed by atoms with Crippen LogP contribution in [0.25, 0.3) is 12.2 Å². The summed E-state index contributed by atoms with van der Waals surface area (Å²) >= 11 is 15.4. The average Bonchev–Trinajstić information content (AvgIpc) is 2.94. The summed E-state index contributed by atoms with van der Waals surface area (Å²) < 4.78 is 11.3. The van der Waals surface area contributed by atoms with Gasteiger partial charge in [-0.3, -0.25) is 0 Å². The van der Waals surface area contributed by atoms with E-state index in [1.165, 1.54) is 0 Å². The van der Waals surface area contributed by atoms with Gasteiger partial charge in [-0.15, -0.1) is 0 Å². The van der Waals surface area contributed by atoms with Crippen molar-refractivity contribution in [2.45, 2.75) is 0 Å². The molecule has 0 radical (unpaired) electrons. The van der Waals surface area contributed by atoms with E-state index < -0.39 is 5.97 Å². The second-order valence-corrected chi connectivity index (χ2v) is 7.01. The predicted molar refractivity (Wildman–Crippen MR) is 108 cm³/mol. The van der Waals surface area contributed by atoms with Crippen LogP contribution in [-0.2, 0) is 9.53 Å². The molecule has 4 nitrogen and oxygen atoms in total. The van der Waals surface area contributed by atoms with Gasteiger partial charge in [0, 0.05) is 26.2 Å². The summed E-state index contributed by atoms with van der Waals surface area (Å²) in [5.41, 5.74) is 1.63. The number of hydrogen-bond donors (Lipinski definition) is 0. The summed E-state index contributed by atoms with van der Waals surface area (Å²) in [6.07, 6.45) is 4.89. The minimum Gasteiger partial charge on any atom is -0.496 e. The fourth-order valence-electron chi connectivity index (χ4n) is 2.26. The molecule has 0 aromatic heterocycles. The van der Waals surface area contributed by atoms with E-state index in [0.29, 0.717) is 21.4 Å². The number of aliphatic imine (C=N–C) groups is 1. The second kappa shape index (κ2) is 8.08. The number of rotatable bonds is 4. The van der Waals surface area contributed by atoms with Crippen LogP contribution in [0.15, 0.2) is 57.6 Å². The molecule has 26 heavy (non-hydrogen) atoms. The van der Waals surface area contributed by atoms with Gasteiger partial charge in [0.2, 0.25) is 5.90 Å². The number of benzene rings is 2. The van der Waals surface area contributed by atoms with Gasteiger partial charge in [-0.2, -0.15) is 0 Å². The monoisotopic (exact) mass is 451 g/mol. The van der Waals surface area contributed by atoms with Crippen LogP contribution < -0.4 is 4.74 Å². The number of methoxy groups -OCH3 is 1. The number of carbonyl (C=O) groups is 1. The van der Waals surface area contributed by atoms with E-state index in [1.54, 1.807) is 49.6 Å². The van der Waals surface area contributed by atoms with E-state index in [2.05, 4.69) is 20.9 Å². The number of halogens is 3. The molecule has 0 saturated carbocycles. The number of hydrogen-bond acceptors (Lipinski definition) is 4. The first kappa shape index (κ1) is 18.7. The SMILES string of the molecule is COc1ccc(Br)cc1/C=C1N=C(/C=C/c2ccc(Cl)cc2Cl)OC\1=O. The van der Waals surface area contributed by atoms with Crippen molar-refractivity contribution in [3.63, 3.8) is 0 Å². The molecule has 0 spiro atoms. The topological polar surface area (TPSA) is 47.9 Å². The number of ether oxygens (including phenoxy) is 2. The molecule has 0 bridgehead atoms. The average molecular weight is 453 g/mol. The summed E-state index contributed by atoms with van der Waals surface area (Å²) in [5, 5.41) is 1.04. The normalized spacial score (nSPS) is 15.5. The van der Waals surface area contributed by atoms with Crippen molar-refractivity contribution in [3.8, 4) is 5.75 Å². The fourth-order valence-corrected chi connectivity index (χ4v) is 3.11. The Hall–Kier alpha value is -2.08. The smallest absolute Gasteiger partial charge is 0.363 e. The molecule has 1 aliphatic rings.